The van der Waals surface area contributed by atoms with Gasteiger partial charge >= 0.3 is 5.63 Å². The van der Waals surface area contributed by atoms with E-state index in [4.69, 9.17) is 4.42 Å². The van der Waals surface area contributed by atoms with Crippen LogP contribution in [0.15, 0.2) is 55.4 Å². The Hall–Kier alpha value is -2.71. The summed E-state index contributed by atoms with van der Waals surface area (Å²) in [6.45, 7) is 10.4. The second-order valence-corrected chi connectivity index (χ2v) is 9.81. The highest BCUT2D eigenvalue weighted by atomic mass is 32.2. The molecule has 0 aliphatic rings. The zero-order valence-corrected chi connectivity index (χ0v) is 19.3. The summed E-state index contributed by atoms with van der Waals surface area (Å²) in [5, 5.41) is 0.734. The highest BCUT2D eigenvalue weighted by molar-refractivity contribution is 7.89. The summed E-state index contributed by atoms with van der Waals surface area (Å²) in [7, 11) is -3.71. The van der Waals surface area contributed by atoms with Gasteiger partial charge in [0.2, 0.25) is 10.0 Å². The van der Waals surface area contributed by atoms with Crippen molar-refractivity contribution in [3.05, 3.63) is 74.0 Å². The molecule has 31 heavy (non-hydrogen) atoms. The monoisotopic (exact) mass is 444 g/mol. The first-order chi connectivity index (χ1) is 14.6. The Labute approximate surface area is 182 Å². The fraction of sp³-hybridized carbons (Fsp3) is 0.391. The number of aromatic nitrogens is 1. The van der Waals surface area contributed by atoms with E-state index in [2.05, 4.69) is 13.8 Å². The first kappa shape index (κ1) is 23.0. The minimum atomic E-state index is -3.71. The summed E-state index contributed by atoms with van der Waals surface area (Å²) in [5.41, 5.74) is 2.33. The summed E-state index contributed by atoms with van der Waals surface area (Å²) >= 11 is 0. The van der Waals surface area contributed by atoms with Crippen LogP contribution >= 0.6 is 0 Å². The molecule has 0 saturated carbocycles. The van der Waals surface area contributed by atoms with Crippen LogP contribution < -0.4 is 11.2 Å². The first-order valence-electron chi connectivity index (χ1n) is 10.4. The molecule has 0 aliphatic heterocycles. The summed E-state index contributed by atoms with van der Waals surface area (Å²) in [5.74, 6) is 0.273. The molecule has 0 fully saturated rings. The van der Waals surface area contributed by atoms with Gasteiger partial charge in [-0.3, -0.25) is 4.79 Å². The van der Waals surface area contributed by atoms with Gasteiger partial charge in [-0.2, -0.15) is 4.31 Å². The van der Waals surface area contributed by atoms with Crippen molar-refractivity contribution in [1.29, 1.82) is 0 Å². The van der Waals surface area contributed by atoms with Crippen molar-refractivity contribution in [2.24, 2.45) is 0 Å². The molecule has 0 bridgehead atoms. The molecule has 2 heterocycles. The van der Waals surface area contributed by atoms with Crippen LogP contribution in [0.5, 0.6) is 0 Å². The van der Waals surface area contributed by atoms with Crippen LogP contribution in [0.25, 0.3) is 11.0 Å². The summed E-state index contributed by atoms with van der Waals surface area (Å²) < 4.78 is 33.8. The molecule has 0 radical (unpaired) electrons. The molecule has 2 aromatic heterocycles. The Bertz CT molecular complexity index is 1330. The van der Waals surface area contributed by atoms with E-state index in [1.165, 1.54) is 33.3 Å². The molecule has 3 rings (SSSR count). The van der Waals surface area contributed by atoms with Crippen molar-refractivity contribution in [3.8, 4) is 0 Å². The largest absolute Gasteiger partial charge is 0.423 e. The van der Waals surface area contributed by atoms with Crippen LogP contribution in [0.1, 0.15) is 50.3 Å². The molecular formula is C23H28N2O5S. The van der Waals surface area contributed by atoms with Crippen LogP contribution in [-0.4, -0.2) is 30.4 Å². The van der Waals surface area contributed by atoms with E-state index >= 15 is 0 Å². The zero-order valence-electron chi connectivity index (χ0n) is 18.5. The Morgan fingerprint density at radius 1 is 1.06 bits per heavy atom. The van der Waals surface area contributed by atoms with Gasteiger partial charge in [0.25, 0.3) is 5.56 Å². The van der Waals surface area contributed by atoms with Crippen LogP contribution in [0.2, 0.25) is 0 Å². The van der Waals surface area contributed by atoms with Crippen LogP contribution in [0.3, 0.4) is 0 Å². The predicted octanol–water partition coefficient (Wildman–Crippen LogP) is 3.47. The third-order valence-corrected chi connectivity index (χ3v) is 7.51. The SMILES string of the molecule is CCN(CC)S(=O)(=O)c1ccc(=O)n(Cc2cc(=O)oc3cc(C)c(C(C)C)cc23)c1. The van der Waals surface area contributed by atoms with E-state index in [9.17, 15) is 18.0 Å². The molecule has 3 aromatic rings. The van der Waals surface area contributed by atoms with Gasteiger partial charge in [0.05, 0.1) is 11.4 Å². The lowest BCUT2D eigenvalue weighted by molar-refractivity contribution is 0.444. The molecule has 0 amide bonds. The quantitative estimate of drug-likeness (QED) is 0.521. The molecule has 7 nitrogen and oxygen atoms in total. The van der Waals surface area contributed by atoms with E-state index in [0.29, 0.717) is 24.2 Å². The Kier molecular flexibility index (Phi) is 6.52. The van der Waals surface area contributed by atoms with E-state index in [1.807, 2.05) is 19.1 Å². The first-order valence-corrected chi connectivity index (χ1v) is 11.8. The smallest absolute Gasteiger partial charge is 0.336 e. The lowest BCUT2D eigenvalue weighted by atomic mass is 9.95. The fourth-order valence-electron chi connectivity index (χ4n) is 3.83. The maximum atomic E-state index is 12.9. The minimum absolute atomic E-state index is 0.0433. The molecule has 0 unspecified atom stereocenters. The highest BCUT2D eigenvalue weighted by Gasteiger charge is 2.22. The van der Waals surface area contributed by atoms with Crippen molar-refractivity contribution in [2.45, 2.75) is 52.0 Å². The topological polar surface area (TPSA) is 89.6 Å². The van der Waals surface area contributed by atoms with E-state index < -0.39 is 15.6 Å². The molecular weight excluding hydrogens is 416 g/mol. The van der Waals surface area contributed by atoms with Gasteiger partial charge in [0, 0.05) is 36.8 Å². The number of benzene rings is 1. The predicted molar refractivity (Wildman–Crippen MR) is 121 cm³/mol. The maximum Gasteiger partial charge on any atom is 0.336 e. The minimum Gasteiger partial charge on any atom is -0.423 e. The lowest BCUT2D eigenvalue weighted by Gasteiger charge is -2.19. The summed E-state index contributed by atoms with van der Waals surface area (Å²) in [4.78, 5) is 24.7. The lowest BCUT2D eigenvalue weighted by Crippen LogP contribution is -2.32. The number of aryl methyl sites for hydroxylation is 1. The molecule has 0 N–H and O–H groups in total. The molecule has 1 aromatic carbocycles. The van der Waals surface area contributed by atoms with Gasteiger partial charge in [-0.1, -0.05) is 27.7 Å². The second-order valence-electron chi connectivity index (χ2n) is 7.87. The Morgan fingerprint density at radius 2 is 1.74 bits per heavy atom. The highest BCUT2D eigenvalue weighted by Crippen LogP contribution is 2.27. The Morgan fingerprint density at radius 3 is 2.35 bits per heavy atom. The van der Waals surface area contributed by atoms with E-state index in [-0.39, 0.29) is 22.9 Å². The molecule has 8 heteroatoms. The van der Waals surface area contributed by atoms with Crippen LogP contribution in [0.4, 0.5) is 0 Å². The zero-order chi connectivity index (χ0) is 22.9. The molecule has 0 spiro atoms. The standard InChI is InChI=1S/C23H28N2O5S/c1-6-25(7-2)31(28,29)18-8-9-22(26)24(14-18)13-17-11-23(27)30-21-10-16(5)19(15(3)4)12-20(17)21/h8-12,14-15H,6-7,13H2,1-5H3. The van der Waals surface area contributed by atoms with Crippen LogP contribution in [-0.2, 0) is 16.6 Å². The Balaban J connectivity index is 2.16. The molecule has 0 saturated heterocycles. The number of sulfonamides is 1. The average molecular weight is 445 g/mol. The molecule has 0 aliphatic carbocycles. The number of fused-ring (bicyclic) bond motifs is 1. The van der Waals surface area contributed by atoms with Gasteiger partial charge in [-0.25, -0.2) is 13.2 Å². The van der Waals surface area contributed by atoms with Gasteiger partial charge in [-0.15, -0.1) is 0 Å². The van der Waals surface area contributed by atoms with Crippen molar-refractivity contribution in [1.82, 2.24) is 8.87 Å². The third-order valence-electron chi connectivity index (χ3n) is 5.48. The maximum absolute atomic E-state index is 12.9. The van der Waals surface area contributed by atoms with Crippen molar-refractivity contribution >= 4 is 21.0 Å². The number of hydrogen-bond acceptors (Lipinski definition) is 5. The molecule has 0 atom stereocenters. The normalized spacial score (nSPS) is 12.2. The number of nitrogens with zero attached hydrogens (tertiary/aromatic N) is 2. The third kappa shape index (κ3) is 4.50. The van der Waals surface area contributed by atoms with Crippen molar-refractivity contribution < 1.29 is 12.8 Å². The van der Waals surface area contributed by atoms with Gasteiger partial charge in [-0.05, 0) is 47.7 Å². The number of hydrogen-bond donors (Lipinski definition) is 0. The van der Waals surface area contributed by atoms with Crippen molar-refractivity contribution in [3.63, 3.8) is 0 Å². The fourth-order valence-corrected chi connectivity index (χ4v) is 5.30. The number of pyridine rings is 1. The summed E-state index contributed by atoms with van der Waals surface area (Å²) in [6, 6.07) is 7.74. The summed E-state index contributed by atoms with van der Waals surface area (Å²) in [6.07, 6.45) is 1.34. The van der Waals surface area contributed by atoms with Gasteiger partial charge in [0.1, 0.15) is 5.58 Å². The van der Waals surface area contributed by atoms with E-state index in [0.717, 1.165) is 16.5 Å². The van der Waals surface area contributed by atoms with Crippen molar-refractivity contribution in [2.75, 3.05) is 13.1 Å². The molecule has 166 valence electrons. The van der Waals surface area contributed by atoms with Crippen LogP contribution in [0, 0.1) is 6.92 Å². The average Bonchev–Trinajstić information content (AvgIpc) is 2.69. The van der Waals surface area contributed by atoms with Gasteiger partial charge < -0.3 is 8.98 Å². The van der Waals surface area contributed by atoms with Gasteiger partial charge in [0.15, 0.2) is 0 Å². The number of rotatable bonds is 7. The van der Waals surface area contributed by atoms with E-state index in [1.54, 1.807) is 13.8 Å². The second kappa shape index (κ2) is 8.80.